The minimum atomic E-state index is 0.147. The highest BCUT2D eigenvalue weighted by Gasteiger charge is 2.28. The maximum absolute atomic E-state index is 12.5. The number of nitrogens with zero attached hydrogens (tertiary/aromatic N) is 2. The second kappa shape index (κ2) is 6.88. The van der Waals surface area contributed by atoms with Crippen molar-refractivity contribution >= 4 is 5.91 Å². The molecule has 0 fully saturated rings. The Labute approximate surface area is 131 Å². The molecule has 1 aliphatic heterocycles. The van der Waals surface area contributed by atoms with Gasteiger partial charge < -0.3 is 9.64 Å². The van der Waals surface area contributed by atoms with Crippen LogP contribution >= 0.6 is 0 Å². The maximum Gasteiger partial charge on any atom is 0.226 e. The quantitative estimate of drug-likeness (QED) is 0.620. The molecule has 1 aromatic rings. The Balaban J connectivity index is 1.69. The minimum absolute atomic E-state index is 0.147. The van der Waals surface area contributed by atoms with Gasteiger partial charge in [-0.05, 0) is 36.0 Å². The molecule has 0 atom stereocenters. The molecule has 2 aliphatic rings. The van der Waals surface area contributed by atoms with Gasteiger partial charge in [0.15, 0.2) is 0 Å². The van der Waals surface area contributed by atoms with Crippen LogP contribution in [0.3, 0.4) is 0 Å². The van der Waals surface area contributed by atoms with E-state index in [-0.39, 0.29) is 11.8 Å². The fraction of sp³-hybridized carbons (Fsp3) is 0.444. The predicted octanol–water partition coefficient (Wildman–Crippen LogP) is 2.64. The Morgan fingerprint density at radius 2 is 2.23 bits per heavy atom. The van der Waals surface area contributed by atoms with Gasteiger partial charge in [-0.1, -0.05) is 18.2 Å². The first-order valence-corrected chi connectivity index (χ1v) is 7.86. The molecule has 1 aliphatic carbocycles. The summed E-state index contributed by atoms with van der Waals surface area (Å²) in [6.45, 7) is 6.23. The van der Waals surface area contributed by atoms with Crippen molar-refractivity contribution < 1.29 is 9.53 Å². The number of fused-ring (bicyclic) bond motifs is 1. The Kier molecular flexibility index (Phi) is 4.68. The van der Waals surface area contributed by atoms with E-state index in [9.17, 15) is 4.79 Å². The minimum Gasteiger partial charge on any atom is -0.373 e. The number of rotatable bonds is 5. The van der Waals surface area contributed by atoms with Crippen molar-refractivity contribution in [3.05, 3.63) is 53.9 Å². The Bertz CT molecular complexity index is 587. The van der Waals surface area contributed by atoms with Crippen LogP contribution in [0, 0.1) is 5.92 Å². The molecule has 0 bridgehead atoms. The molecule has 0 spiro atoms. The van der Waals surface area contributed by atoms with Crippen LogP contribution in [-0.2, 0) is 29.1 Å². The summed E-state index contributed by atoms with van der Waals surface area (Å²) >= 11 is 0. The molecule has 0 saturated heterocycles. The molecule has 0 unspecified atom stereocenters. The van der Waals surface area contributed by atoms with Gasteiger partial charge in [0.05, 0.1) is 13.2 Å². The van der Waals surface area contributed by atoms with E-state index in [2.05, 4.69) is 23.7 Å². The molecule has 0 N–H and O–H groups in total. The van der Waals surface area contributed by atoms with Gasteiger partial charge in [0.1, 0.15) is 0 Å². The van der Waals surface area contributed by atoms with Gasteiger partial charge in [-0.3, -0.25) is 9.78 Å². The largest absolute Gasteiger partial charge is 0.373 e. The number of allylic oxidation sites excluding steroid dienone is 2. The molecular formula is C18H22N2O2. The van der Waals surface area contributed by atoms with Crippen LogP contribution in [0.15, 0.2) is 37.2 Å². The molecule has 22 heavy (non-hydrogen) atoms. The molecule has 0 radical (unpaired) electrons. The zero-order valence-corrected chi connectivity index (χ0v) is 12.8. The summed E-state index contributed by atoms with van der Waals surface area (Å²) in [6.07, 6.45) is 12.4. The lowest BCUT2D eigenvalue weighted by Gasteiger charge is -2.31. The molecule has 116 valence electrons. The van der Waals surface area contributed by atoms with Crippen LogP contribution in [0.1, 0.15) is 29.5 Å². The number of aromatic nitrogens is 1. The fourth-order valence-corrected chi connectivity index (χ4v) is 3.21. The number of amides is 1. The molecule has 2 heterocycles. The van der Waals surface area contributed by atoms with Gasteiger partial charge in [-0.2, -0.15) is 0 Å². The number of hydrogen-bond donors (Lipinski definition) is 0. The average molecular weight is 298 g/mol. The third-order valence-electron chi connectivity index (χ3n) is 4.39. The molecule has 1 amide bonds. The number of carbonyl (C=O) groups is 1. The average Bonchev–Trinajstić information content (AvgIpc) is 3.08. The highest BCUT2D eigenvalue weighted by Crippen LogP contribution is 2.26. The van der Waals surface area contributed by atoms with E-state index < -0.39 is 0 Å². The van der Waals surface area contributed by atoms with Crippen LogP contribution in [0.25, 0.3) is 0 Å². The van der Waals surface area contributed by atoms with Gasteiger partial charge in [0, 0.05) is 31.4 Å². The summed E-state index contributed by atoms with van der Waals surface area (Å²) in [6, 6.07) is 0. The maximum atomic E-state index is 12.5. The standard InChI is InChI=1S/C18H22N2O2/c1-2-9-22-13-16-11-19-10-15-12-20(8-7-17(15)16)18(21)14-5-3-4-6-14/h2-4,10-11,14H,1,5-9,12-13H2. The van der Waals surface area contributed by atoms with Crippen molar-refractivity contribution in [2.24, 2.45) is 5.92 Å². The summed E-state index contributed by atoms with van der Waals surface area (Å²) in [5, 5.41) is 0. The van der Waals surface area contributed by atoms with E-state index in [1.165, 1.54) is 5.56 Å². The molecule has 4 heteroatoms. The second-order valence-corrected chi connectivity index (χ2v) is 5.89. The summed E-state index contributed by atoms with van der Waals surface area (Å²) < 4.78 is 5.54. The van der Waals surface area contributed by atoms with Crippen LogP contribution in [0.5, 0.6) is 0 Å². The van der Waals surface area contributed by atoms with E-state index >= 15 is 0 Å². The highest BCUT2D eigenvalue weighted by molar-refractivity contribution is 5.80. The van der Waals surface area contributed by atoms with Crippen LogP contribution in [-0.4, -0.2) is 28.9 Å². The van der Waals surface area contributed by atoms with Crippen molar-refractivity contribution in [2.45, 2.75) is 32.4 Å². The SMILES string of the molecule is C=CCOCc1cncc2c1CCN(C(=O)C1CC=CC1)C2. The first kappa shape index (κ1) is 15.0. The van der Waals surface area contributed by atoms with Gasteiger partial charge in [-0.15, -0.1) is 6.58 Å². The molecular weight excluding hydrogens is 276 g/mol. The number of carbonyl (C=O) groups excluding carboxylic acids is 1. The van der Waals surface area contributed by atoms with Crippen LogP contribution in [0.2, 0.25) is 0 Å². The summed E-state index contributed by atoms with van der Waals surface area (Å²) in [5.41, 5.74) is 3.59. The molecule has 1 aromatic heterocycles. The molecule has 3 rings (SSSR count). The Morgan fingerprint density at radius 3 is 3.00 bits per heavy atom. The number of pyridine rings is 1. The van der Waals surface area contributed by atoms with Gasteiger partial charge in [-0.25, -0.2) is 0 Å². The van der Waals surface area contributed by atoms with Crippen molar-refractivity contribution in [3.8, 4) is 0 Å². The molecule has 0 aromatic carbocycles. The summed E-state index contributed by atoms with van der Waals surface area (Å²) in [5.74, 6) is 0.428. The highest BCUT2D eigenvalue weighted by atomic mass is 16.5. The van der Waals surface area contributed by atoms with E-state index in [1.54, 1.807) is 6.08 Å². The fourth-order valence-electron chi connectivity index (χ4n) is 3.21. The first-order chi connectivity index (χ1) is 10.8. The Morgan fingerprint density at radius 1 is 1.41 bits per heavy atom. The normalized spacial score (nSPS) is 17.5. The summed E-state index contributed by atoms with van der Waals surface area (Å²) in [4.78, 5) is 18.8. The lowest BCUT2D eigenvalue weighted by molar-refractivity contribution is -0.136. The van der Waals surface area contributed by atoms with Crippen LogP contribution in [0.4, 0.5) is 0 Å². The smallest absolute Gasteiger partial charge is 0.226 e. The van der Waals surface area contributed by atoms with Crippen molar-refractivity contribution in [1.82, 2.24) is 9.88 Å². The molecule has 0 saturated carbocycles. The second-order valence-electron chi connectivity index (χ2n) is 5.89. The van der Waals surface area contributed by atoms with Gasteiger partial charge in [0.25, 0.3) is 0 Å². The topological polar surface area (TPSA) is 42.4 Å². The van der Waals surface area contributed by atoms with E-state index in [4.69, 9.17) is 4.74 Å². The van der Waals surface area contributed by atoms with Crippen molar-refractivity contribution in [3.63, 3.8) is 0 Å². The zero-order chi connectivity index (χ0) is 15.4. The van der Waals surface area contributed by atoms with E-state index in [1.807, 2.05) is 17.3 Å². The van der Waals surface area contributed by atoms with Gasteiger partial charge in [0.2, 0.25) is 5.91 Å². The molecule has 4 nitrogen and oxygen atoms in total. The number of hydrogen-bond acceptors (Lipinski definition) is 3. The van der Waals surface area contributed by atoms with Crippen molar-refractivity contribution in [2.75, 3.05) is 13.2 Å². The van der Waals surface area contributed by atoms with Crippen molar-refractivity contribution in [1.29, 1.82) is 0 Å². The van der Waals surface area contributed by atoms with Crippen LogP contribution < -0.4 is 0 Å². The zero-order valence-electron chi connectivity index (χ0n) is 12.8. The first-order valence-electron chi connectivity index (χ1n) is 7.86. The van der Waals surface area contributed by atoms with E-state index in [0.29, 0.717) is 19.8 Å². The number of ether oxygens (including phenoxy) is 1. The van der Waals surface area contributed by atoms with E-state index in [0.717, 1.165) is 36.9 Å². The van der Waals surface area contributed by atoms with Gasteiger partial charge >= 0.3 is 0 Å². The lowest BCUT2D eigenvalue weighted by Crippen LogP contribution is -2.39. The monoisotopic (exact) mass is 298 g/mol. The third kappa shape index (κ3) is 3.12. The summed E-state index contributed by atoms with van der Waals surface area (Å²) in [7, 11) is 0. The third-order valence-corrected chi connectivity index (χ3v) is 4.39. The Hall–Kier alpha value is -1.94. The lowest BCUT2D eigenvalue weighted by atomic mass is 9.96. The predicted molar refractivity (Wildman–Crippen MR) is 85.1 cm³/mol.